The van der Waals surface area contributed by atoms with Gasteiger partial charge in [0.1, 0.15) is 0 Å². The molecular weight excluding hydrogens is 322 g/mol. The van der Waals surface area contributed by atoms with Gasteiger partial charge in [0.2, 0.25) is 0 Å². The smallest absolute Gasteiger partial charge is 0.257 e. The van der Waals surface area contributed by atoms with Gasteiger partial charge >= 0.3 is 0 Å². The van der Waals surface area contributed by atoms with Crippen LogP contribution in [0.25, 0.3) is 0 Å². The number of hydrogen-bond acceptors (Lipinski definition) is 4. The van der Waals surface area contributed by atoms with Gasteiger partial charge in [-0.2, -0.15) is 0 Å². The average molecular weight is 343 g/mol. The first kappa shape index (κ1) is 18.0. The summed E-state index contributed by atoms with van der Waals surface area (Å²) in [4.78, 5) is 30.9. The van der Waals surface area contributed by atoms with Crippen molar-refractivity contribution in [3.8, 4) is 0 Å². The minimum absolute atomic E-state index is 0.0910. The zero-order valence-electron chi connectivity index (χ0n) is 14.1. The van der Waals surface area contributed by atoms with Crippen LogP contribution in [0.1, 0.15) is 34.6 Å². The van der Waals surface area contributed by atoms with Gasteiger partial charge in [-0.1, -0.05) is 12.1 Å². The predicted molar refractivity (Wildman–Crippen MR) is 97.7 cm³/mol. The lowest BCUT2D eigenvalue weighted by atomic mass is 10.1. The standard InChI is InChI=1S/C18H21N3O2S/c1-4-21(5-2)18(23)14-8-6-7-9-15(14)20-17(22)13-10-11-16(24-3)19-12-13/h6-12H,4-5H2,1-3H3,(H,20,22). The average Bonchev–Trinajstić information content (AvgIpc) is 2.63. The van der Waals surface area contributed by atoms with Gasteiger partial charge in [-0.3, -0.25) is 9.59 Å². The highest BCUT2D eigenvalue weighted by atomic mass is 32.2. The number of carbonyl (C=O) groups is 2. The van der Waals surface area contributed by atoms with Gasteiger partial charge in [0.15, 0.2) is 0 Å². The van der Waals surface area contributed by atoms with Crippen LogP contribution >= 0.6 is 11.8 Å². The van der Waals surface area contributed by atoms with E-state index >= 15 is 0 Å². The molecule has 0 saturated heterocycles. The van der Waals surface area contributed by atoms with Crippen molar-refractivity contribution in [1.82, 2.24) is 9.88 Å². The lowest BCUT2D eigenvalue weighted by Crippen LogP contribution is -2.31. The molecule has 2 aromatic rings. The first-order chi connectivity index (χ1) is 11.6. The Labute approximate surface area is 146 Å². The molecule has 0 aliphatic carbocycles. The molecule has 0 saturated carbocycles. The number of aromatic nitrogens is 1. The molecule has 0 fully saturated rings. The van der Waals surface area contributed by atoms with Crippen molar-refractivity contribution in [1.29, 1.82) is 0 Å². The van der Waals surface area contributed by atoms with E-state index in [1.54, 1.807) is 41.3 Å². The fourth-order valence-electron chi connectivity index (χ4n) is 2.29. The van der Waals surface area contributed by atoms with E-state index in [0.29, 0.717) is 29.9 Å². The third-order valence-corrected chi connectivity index (χ3v) is 4.32. The highest BCUT2D eigenvalue weighted by molar-refractivity contribution is 7.98. The molecule has 1 aromatic carbocycles. The molecule has 24 heavy (non-hydrogen) atoms. The van der Waals surface area contributed by atoms with Crippen molar-refractivity contribution in [2.75, 3.05) is 24.7 Å². The van der Waals surface area contributed by atoms with E-state index < -0.39 is 0 Å². The molecule has 2 rings (SSSR count). The maximum Gasteiger partial charge on any atom is 0.257 e. The Hall–Kier alpha value is -2.34. The van der Waals surface area contributed by atoms with Crippen molar-refractivity contribution >= 4 is 29.3 Å². The molecule has 1 N–H and O–H groups in total. The van der Waals surface area contributed by atoms with E-state index in [1.807, 2.05) is 20.1 Å². The number of nitrogens with one attached hydrogen (secondary N) is 1. The van der Waals surface area contributed by atoms with Crippen molar-refractivity contribution < 1.29 is 9.59 Å². The number of anilines is 1. The molecule has 1 heterocycles. The summed E-state index contributed by atoms with van der Waals surface area (Å²) in [5.74, 6) is -0.373. The molecule has 2 amide bonds. The van der Waals surface area contributed by atoms with Crippen LogP contribution in [-0.4, -0.2) is 41.0 Å². The van der Waals surface area contributed by atoms with Gasteiger partial charge in [0, 0.05) is 19.3 Å². The van der Waals surface area contributed by atoms with E-state index in [0.717, 1.165) is 5.03 Å². The molecule has 5 nitrogen and oxygen atoms in total. The fraction of sp³-hybridized carbons (Fsp3) is 0.278. The SMILES string of the molecule is CCN(CC)C(=O)c1ccccc1NC(=O)c1ccc(SC)nc1. The Kier molecular flexibility index (Phi) is 6.37. The quantitative estimate of drug-likeness (QED) is 0.815. The van der Waals surface area contributed by atoms with Gasteiger partial charge in [-0.25, -0.2) is 4.98 Å². The lowest BCUT2D eigenvalue weighted by Gasteiger charge is -2.20. The largest absolute Gasteiger partial charge is 0.339 e. The number of pyridine rings is 1. The number of amides is 2. The van der Waals surface area contributed by atoms with Crippen molar-refractivity contribution in [3.63, 3.8) is 0 Å². The van der Waals surface area contributed by atoms with Gasteiger partial charge in [0.25, 0.3) is 11.8 Å². The van der Waals surface area contributed by atoms with Gasteiger partial charge in [-0.05, 0) is 44.4 Å². The van der Waals surface area contributed by atoms with Crippen LogP contribution in [0.2, 0.25) is 0 Å². The van der Waals surface area contributed by atoms with E-state index in [-0.39, 0.29) is 11.8 Å². The highest BCUT2D eigenvalue weighted by Gasteiger charge is 2.17. The topological polar surface area (TPSA) is 62.3 Å². The summed E-state index contributed by atoms with van der Waals surface area (Å²) in [5.41, 5.74) is 1.45. The second-order valence-corrected chi connectivity index (χ2v) is 5.89. The number of rotatable bonds is 6. The third-order valence-electron chi connectivity index (χ3n) is 3.66. The summed E-state index contributed by atoms with van der Waals surface area (Å²) in [7, 11) is 0. The predicted octanol–water partition coefficient (Wildman–Crippen LogP) is 3.54. The maximum atomic E-state index is 12.6. The van der Waals surface area contributed by atoms with Crippen LogP contribution in [0.4, 0.5) is 5.69 Å². The third kappa shape index (κ3) is 4.14. The van der Waals surface area contributed by atoms with E-state index in [4.69, 9.17) is 0 Å². The van der Waals surface area contributed by atoms with Crippen molar-refractivity contribution in [2.45, 2.75) is 18.9 Å². The Morgan fingerprint density at radius 3 is 2.42 bits per heavy atom. The second kappa shape index (κ2) is 8.49. The molecule has 0 radical (unpaired) electrons. The lowest BCUT2D eigenvalue weighted by molar-refractivity contribution is 0.0774. The number of nitrogens with zero attached hydrogens (tertiary/aromatic N) is 2. The molecule has 0 bridgehead atoms. The summed E-state index contributed by atoms with van der Waals surface area (Å²) in [5, 5.41) is 3.67. The van der Waals surface area contributed by atoms with Crippen LogP contribution in [0.15, 0.2) is 47.6 Å². The van der Waals surface area contributed by atoms with Crippen LogP contribution in [0.5, 0.6) is 0 Å². The molecule has 0 spiro atoms. The maximum absolute atomic E-state index is 12.6. The minimum Gasteiger partial charge on any atom is -0.339 e. The Morgan fingerprint density at radius 2 is 1.83 bits per heavy atom. The number of para-hydroxylation sites is 1. The summed E-state index contributed by atoms with van der Waals surface area (Å²) >= 11 is 1.51. The monoisotopic (exact) mass is 343 g/mol. The zero-order chi connectivity index (χ0) is 17.5. The number of hydrogen-bond donors (Lipinski definition) is 1. The van der Waals surface area contributed by atoms with E-state index in [9.17, 15) is 9.59 Å². The molecule has 0 aliphatic rings. The van der Waals surface area contributed by atoms with Crippen LogP contribution in [0, 0.1) is 0 Å². The molecule has 0 unspecified atom stereocenters. The zero-order valence-corrected chi connectivity index (χ0v) is 14.9. The number of carbonyl (C=O) groups excluding carboxylic acids is 2. The molecular formula is C18H21N3O2S. The van der Waals surface area contributed by atoms with Gasteiger partial charge in [-0.15, -0.1) is 11.8 Å². The Bertz CT molecular complexity index is 712. The minimum atomic E-state index is -0.282. The summed E-state index contributed by atoms with van der Waals surface area (Å²) < 4.78 is 0. The molecule has 126 valence electrons. The van der Waals surface area contributed by atoms with E-state index in [1.165, 1.54) is 18.0 Å². The highest BCUT2D eigenvalue weighted by Crippen LogP contribution is 2.19. The van der Waals surface area contributed by atoms with Crippen molar-refractivity contribution in [2.24, 2.45) is 0 Å². The molecule has 0 atom stereocenters. The summed E-state index contributed by atoms with van der Waals surface area (Å²) in [6.07, 6.45) is 3.47. The number of benzene rings is 1. The Morgan fingerprint density at radius 1 is 1.12 bits per heavy atom. The summed E-state index contributed by atoms with van der Waals surface area (Å²) in [6.45, 7) is 5.11. The molecule has 6 heteroatoms. The normalized spacial score (nSPS) is 10.3. The first-order valence-electron chi connectivity index (χ1n) is 7.80. The Balaban J connectivity index is 2.23. The fourth-order valence-corrected chi connectivity index (χ4v) is 2.65. The van der Waals surface area contributed by atoms with Gasteiger partial charge < -0.3 is 10.2 Å². The van der Waals surface area contributed by atoms with Crippen LogP contribution in [0.3, 0.4) is 0 Å². The van der Waals surface area contributed by atoms with E-state index in [2.05, 4.69) is 10.3 Å². The van der Waals surface area contributed by atoms with Crippen molar-refractivity contribution in [3.05, 3.63) is 53.7 Å². The number of thioether (sulfide) groups is 1. The van der Waals surface area contributed by atoms with Crippen LogP contribution in [-0.2, 0) is 0 Å². The first-order valence-corrected chi connectivity index (χ1v) is 9.02. The van der Waals surface area contributed by atoms with Crippen LogP contribution < -0.4 is 5.32 Å². The summed E-state index contributed by atoms with van der Waals surface area (Å²) in [6, 6.07) is 10.6. The van der Waals surface area contributed by atoms with Gasteiger partial charge in [0.05, 0.1) is 21.8 Å². The second-order valence-electron chi connectivity index (χ2n) is 5.07. The molecule has 1 aromatic heterocycles. The molecule has 0 aliphatic heterocycles.